The van der Waals surface area contributed by atoms with E-state index in [4.69, 9.17) is 0 Å². The third-order valence-electron chi connectivity index (χ3n) is 4.31. The number of anilines is 1. The smallest absolute Gasteiger partial charge is 0.152 e. The summed E-state index contributed by atoms with van der Waals surface area (Å²) >= 11 is 3.43. The van der Waals surface area contributed by atoms with Gasteiger partial charge in [0.15, 0.2) is 6.29 Å². The molecule has 0 N–H and O–H groups in total. The fraction of sp³-hybridized carbons (Fsp3) is 0.533. The SMILES string of the molecule is O=Cc1cc(Br)ccc1N1CC2CCCC(C2)C1. The minimum Gasteiger partial charge on any atom is -0.370 e. The maximum absolute atomic E-state index is 11.2. The van der Waals surface area contributed by atoms with E-state index in [1.165, 1.54) is 25.7 Å². The zero-order valence-electron chi connectivity index (χ0n) is 10.4. The van der Waals surface area contributed by atoms with Crippen LogP contribution in [0.5, 0.6) is 0 Å². The summed E-state index contributed by atoms with van der Waals surface area (Å²) in [5.74, 6) is 1.67. The quantitative estimate of drug-likeness (QED) is 0.773. The second-order valence-electron chi connectivity index (χ2n) is 5.62. The number of piperidine rings is 1. The molecule has 1 aliphatic heterocycles. The Morgan fingerprint density at radius 3 is 2.61 bits per heavy atom. The molecule has 1 saturated heterocycles. The van der Waals surface area contributed by atoms with Gasteiger partial charge < -0.3 is 4.90 Å². The minimum atomic E-state index is 0.810. The molecule has 2 atom stereocenters. The van der Waals surface area contributed by atoms with Crippen LogP contribution in [0.15, 0.2) is 22.7 Å². The van der Waals surface area contributed by atoms with Gasteiger partial charge in [0.05, 0.1) is 0 Å². The van der Waals surface area contributed by atoms with Gasteiger partial charge in [-0.15, -0.1) is 0 Å². The Morgan fingerprint density at radius 1 is 1.22 bits per heavy atom. The van der Waals surface area contributed by atoms with Crippen LogP contribution in [0.3, 0.4) is 0 Å². The number of nitrogens with zero attached hydrogens (tertiary/aromatic N) is 1. The lowest BCUT2D eigenvalue weighted by Gasteiger charge is -2.43. The van der Waals surface area contributed by atoms with Gasteiger partial charge in [-0.1, -0.05) is 22.4 Å². The van der Waals surface area contributed by atoms with Crippen molar-refractivity contribution >= 4 is 27.9 Å². The number of rotatable bonds is 2. The van der Waals surface area contributed by atoms with Crippen molar-refractivity contribution in [1.29, 1.82) is 0 Å². The molecule has 0 spiro atoms. The van der Waals surface area contributed by atoms with E-state index in [2.05, 4.69) is 26.9 Å². The molecule has 2 aliphatic rings. The van der Waals surface area contributed by atoms with Crippen LogP contribution in [0.1, 0.15) is 36.0 Å². The summed E-state index contributed by atoms with van der Waals surface area (Å²) in [6.07, 6.45) is 6.48. The molecule has 96 valence electrons. The zero-order valence-corrected chi connectivity index (χ0v) is 12.0. The summed E-state index contributed by atoms with van der Waals surface area (Å²) in [5.41, 5.74) is 1.93. The molecule has 1 aromatic rings. The van der Waals surface area contributed by atoms with Crippen LogP contribution in [0, 0.1) is 11.8 Å². The lowest BCUT2D eigenvalue weighted by Crippen LogP contribution is -2.43. The highest BCUT2D eigenvalue weighted by Crippen LogP contribution is 2.37. The van der Waals surface area contributed by atoms with E-state index in [1.807, 2.05) is 12.1 Å². The summed E-state index contributed by atoms with van der Waals surface area (Å²) < 4.78 is 0.977. The molecule has 0 aromatic heterocycles. The highest BCUT2D eigenvalue weighted by molar-refractivity contribution is 9.10. The number of carbonyl (C=O) groups excluding carboxylic acids is 1. The first-order valence-electron chi connectivity index (χ1n) is 6.76. The van der Waals surface area contributed by atoms with Crippen LogP contribution in [0.2, 0.25) is 0 Å². The highest BCUT2D eigenvalue weighted by Gasteiger charge is 2.31. The summed E-state index contributed by atoms with van der Waals surface area (Å²) in [5, 5.41) is 0. The first kappa shape index (κ1) is 12.2. The van der Waals surface area contributed by atoms with Gasteiger partial charge in [0.2, 0.25) is 0 Å². The number of halogens is 1. The minimum absolute atomic E-state index is 0.810. The fourth-order valence-corrected chi connectivity index (χ4v) is 3.92. The van der Waals surface area contributed by atoms with E-state index in [9.17, 15) is 4.79 Å². The molecule has 1 saturated carbocycles. The second-order valence-corrected chi connectivity index (χ2v) is 6.54. The molecule has 1 aromatic carbocycles. The van der Waals surface area contributed by atoms with Crippen LogP contribution >= 0.6 is 15.9 Å². The molecule has 1 aliphatic carbocycles. The molecule has 2 fully saturated rings. The number of hydrogen-bond acceptors (Lipinski definition) is 2. The van der Waals surface area contributed by atoms with E-state index < -0.39 is 0 Å². The van der Waals surface area contributed by atoms with E-state index in [1.54, 1.807) is 0 Å². The molecule has 0 amide bonds. The van der Waals surface area contributed by atoms with Crippen LogP contribution in [-0.2, 0) is 0 Å². The van der Waals surface area contributed by atoms with Crippen LogP contribution in [0.4, 0.5) is 5.69 Å². The number of benzene rings is 1. The Morgan fingerprint density at radius 2 is 1.94 bits per heavy atom. The van der Waals surface area contributed by atoms with Crippen molar-refractivity contribution in [3.8, 4) is 0 Å². The molecule has 2 nitrogen and oxygen atoms in total. The van der Waals surface area contributed by atoms with Gasteiger partial charge >= 0.3 is 0 Å². The van der Waals surface area contributed by atoms with Crippen LogP contribution in [-0.4, -0.2) is 19.4 Å². The van der Waals surface area contributed by atoms with Gasteiger partial charge in [0.25, 0.3) is 0 Å². The summed E-state index contributed by atoms with van der Waals surface area (Å²) in [6.45, 7) is 2.25. The first-order valence-corrected chi connectivity index (χ1v) is 7.55. The Labute approximate surface area is 116 Å². The van der Waals surface area contributed by atoms with E-state index in [-0.39, 0.29) is 0 Å². The zero-order chi connectivity index (χ0) is 12.5. The largest absolute Gasteiger partial charge is 0.370 e. The third kappa shape index (κ3) is 2.33. The van der Waals surface area contributed by atoms with E-state index in [0.29, 0.717) is 0 Å². The van der Waals surface area contributed by atoms with Gasteiger partial charge in [-0.3, -0.25) is 4.79 Å². The van der Waals surface area contributed by atoms with Crippen molar-refractivity contribution < 1.29 is 4.79 Å². The normalized spacial score (nSPS) is 27.1. The Balaban J connectivity index is 1.88. The van der Waals surface area contributed by atoms with Crippen molar-refractivity contribution in [3.05, 3.63) is 28.2 Å². The van der Waals surface area contributed by atoms with Gasteiger partial charge in [0, 0.05) is 28.8 Å². The molecule has 3 rings (SSSR count). The predicted octanol–water partition coefficient (Wildman–Crippen LogP) is 3.89. The third-order valence-corrected chi connectivity index (χ3v) is 4.80. The Hall–Kier alpha value is -0.830. The molecule has 2 bridgehead atoms. The number of aldehydes is 1. The maximum atomic E-state index is 11.2. The van der Waals surface area contributed by atoms with Crippen LogP contribution in [0.25, 0.3) is 0 Å². The molecular weight excluding hydrogens is 290 g/mol. The van der Waals surface area contributed by atoms with Gasteiger partial charge in [-0.25, -0.2) is 0 Å². The molecule has 18 heavy (non-hydrogen) atoms. The van der Waals surface area contributed by atoms with Crippen LogP contribution < -0.4 is 4.90 Å². The Bertz CT molecular complexity index is 448. The van der Waals surface area contributed by atoms with Gasteiger partial charge in [-0.2, -0.15) is 0 Å². The number of fused-ring (bicyclic) bond motifs is 2. The molecule has 0 radical (unpaired) electrons. The monoisotopic (exact) mass is 307 g/mol. The van der Waals surface area contributed by atoms with Crippen molar-refractivity contribution in [2.75, 3.05) is 18.0 Å². The molecular formula is C15H18BrNO. The highest BCUT2D eigenvalue weighted by atomic mass is 79.9. The van der Waals surface area contributed by atoms with E-state index in [0.717, 1.165) is 46.9 Å². The summed E-state index contributed by atoms with van der Waals surface area (Å²) in [7, 11) is 0. The summed E-state index contributed by atoms with van der Waals surface area (Å²) in [4.78, 5) is 13.6. The molecule has 2 unspecified atom stereocenters. The van der Waals surface area contributed by atoms with Crippen molar-refractivity contribution in [1.82, 2.24) is 0 Å². The number of carbonyl (C=O) groups is 1. The second kappa shape index (κ2) is 5.04. The van der Waals surface area contributed by atoms with E-state index >= 15 is 0 Å². The molecule has 3 heteroatoms. The maximum Gasteiger partial charge on any atom is 0.152 e. The average Bonchev–Trinajstić information content (AvgIpc) is 2.38. The molecule has 1 heterocycles. The van der Waals surface area contributed by atoms with Crippen molar-refractivity contribution in [2.24, 2.45) is 11.8 Å². The predicted molar refractivity (Wildman–Crippen MR) is 77.2 cm³/mol. The van der Waals surface area contributed by atoms with Crippen molar-refractivity contribution in [3.63, 3.8) is 0 Å². The average molecular weight is 308 g/mol. The standard InChI is InChI=1S/C15H18BrNO/c16-14-4-5-15(13(7-14)10-18)17-8-11-2-1-3-12(6-11)9-17/h4-5,7,10-12H,1-3,6,8-9H2. The van der Waals surface area contributed by atoms with Gasteiger partial charge in [-0.05, 0) is 49.3 Å². The lowest BCUT2D eigenvalue weighted by atomic mass is 9.77. The topological polar surface area (TPSA) is 20.3 Å². The lowest BCUT2D eigenvalue weighted by molar-refractivity contribution is 0.112. The van der Waals surface area contributed by atoms with Crippen molar-refractivity contribution in [2.45, 2.75) is 25.7 Å². The summed E-state index contributed by atoms with van der Waals surface area (Å²) in [6, 6.07) is 6.04. The Kier molecular flexibility index (Phi) is 3.42. The number of hydrogen-bond donors (Lipinski definition) is 0. The fourth-order valence-electron chi connectivity index (χ4n) is 3.54. The first-order chi connectivity index (χ1) is 8.76. The van der Waals surface area contributed by atoms with Gasteiger partial charge in [0.1, 0.15) is 0 Å².